The Labute approximate surface area is 113 Å². The maximum Gasteiger partial charge on any atom is 0.160 e. The first-order chi connectivity index (χ1) is 9.20. The molecule has 1 aliphatic carbocycles. The Morgan fingerprint density at radius 2 is 2.32 bits per heavy atom. The van der Waals surface area contributed by atoms with Crippen LogP contribution in [0.15, 0.2) is 30.4 Å². The zero-order valence-corrected chi connectivity index (χ0v) is 11.3. The SMILES string of the molecule is COc1ccc(CCC(=O)C2C=CCCC2)cc1O. The zero-order chi connectivity index (χ0) is 13.7. The van der Waals surface area contributed by atoms with Crippen molar-refractivity contribution in [2.24, 2.45) is 5.92 Å². The first kappa shape index (κ1) is 13.7. The highest BCUT2D eigenvalue weighted by Crippen LogP contribution is 2.27. The number of carbonyl (C=O) groups excluding carboxylic acids is 1. The molecule has 3 nitrogen and oxygen atoms in total. The smallest absolute Gasteiger partial charge is 0.160 e. The van der Waals surface area contributed by atoms with E-state index in [1.54, 1.807) is 12.1 Å². The van der Waals surface area contributed by atoms with Crippen LogP contribution in [0.3, 0.4) is 0 Å². The average molecular weight is 260 g/mol. The fraction of sp³-hybridized carbons (Fsp3) is 0.438. The molecule has 19 heavy (non-hydrogen) atoms. The largest absolute Gasteiger partial charge is 0.504 e. The number of benzene rings is 1. The van der Waals surface area contributed by atoms with Crippen molar-refractivity contribution in [2.75, 3.05) is 7.11 Å². The van der Waals surface area contributed by atoms with Crippen molar-refractivity contribution >= 4 is 5.78 Å². The van der Waals surface area contributed by atoms with Crippen LogP contribution in [0.2, 0.25) is 0 Å². The van der Waals surface area contributed by atoms with E-state index in [-0.39, 0.29) is 11.7 Å². The molecule has 1 aliphatic rings. The number of aromatic hydroxyl groups is 1. The van der Waals surface area contributed by atoms with Crippen LogP contribution < -0.4 is 4.74 Å². The van der Waals surface area contributed by atoms with Gasteiger partial charge in [-0.2, -0.15) is 0 Å². The van der Waals surface area contributed by atoms with Crippen LogP contribution in [-0.2, 0) is 11.2 Å². The number of phenolic OH excluding ortho intramolecular Hbond substituents is 1. The molecule has 1 unspecified atom stereocenters. The molecule has 0 spiro atoms. The van der Waals surface area contributed by atoms with Gasteiger partial charge in [0, 0.05) is 12.3 Å². The van der Waals surface area contributed by atoms with Gasteiger partial charge in [0.15, 0.2) is 11.5 Å². The molecule has 0 saturated carbocycles. The lowest BCUT2D eigenvalue weighted by atomic mass is 9.89. The molecule has 0 saturated heterocycles. The van der Waals surface area contributed by atoms with Crippen LogP contribution in [0.4, 0.5) is 0 Å². The third-order valence-electron chi connectivity index (χ3n) is 3.57. The van der Waals surface area contributed by atoms with Gasteiger partial charge in [0.2, 0.25) is 0 Å². The molecular formula is C16H20O3. The Hall–Kier alpha value is -1.77. The van der Waals surface area contributed by atoms with Gasteiger partial charge < -0.3 is 9.84 Å². The van der Waals surface area contributed by atoms with Gasteiger partial charge in [-0.3, -0.25) is 4.79 Å². The fourth-order valence-corrected chi connectivity index (χ4v) is 2.42. The fourth-order valence-electron chi connectivity index (χ4n) is 2.42. The van der Waals surface area contributed by atoms with Crippen molar-refractivity contribution in [1.29, 1.82) is 0 Å². The van der Waals surface area contributed by atoms with E-state index in [4.69, 9.17) is 4.74 Å². The normalized spacial score (nSPS) is 18.3. The highest BCUT2D eigenvalue weighted by atomic mass is 16.5. The summed E-state index contributed by atoms with van der Waals surface area (Å²) in [6.45, 7) is 0. The maximum absolute atomic E-state index is 12.0. The summed E-state index contributed by atoms with van der Waals surface area (Å²) < 4.78 is 4.99. The van der Waals surface area contributed by atoms with E-state index < -0.39 is 0 Å². The number of aryl methyl sites for hydroxylation is 1. The summed E-state index contributed by atoms with van der Waals surface area (Å²) in [5, 5.41) is 9.68. The van der Waals surface area contributed by atoms with E-state index in [2.05, 4.69) is 6.08 Å². The minimum absolute atomic E-state index is 0.0978. The van der Waals surface area contributed by atoms with Gasteiger partial charge in [-0.05, 0) is 43.4 Å². The molecule has 0 heterocycles. The van der Waals surface area contributed by atoms with Crippen LogP contribution in [0.1, 0.15) is 31.2 Å². The predicted molar refractivity (Wildman–Crippen MR) is 74.5 cm³/mol. The number of methoxy groups -OCH3 is 1. The number of hydrogen-bond donors (Lipinski definition) is 1. The minimum Gasteiger partial charge on any atom is -0.504 e. The van der Waals surface area contributed by atoms with Crippen LogP contribution in [0.25, 0.3) is 0 Å². The van der Waals surface area contributed by atoms with E-state index in [9.17, 15) is 9.90 Å². The number of Topliss-reactive ketones (excluding diaryl/α,β-unsaturated/α-hetero) is 1. The van der Waals surface area contributed by atoms with Crippen molar-refractivity contribution in [1.82, 2.24) is 0 Å². The molecule has 0 aliphatic heterocycles. The number of ether oxygens (including phenoxy) is 1. The highest BCUT2D eigenvalue weighted by Gasteiger charge is 2.17. The summed E-state index contributed by atoms with van der Waals surface area (Å²) in [6, 6.07) is 5.29. The van der Waals surface area contributed by atoms with Crippen LogP contribution >= 0.6 is 0 Å². The van der Waals surface area contributed by atoms with Crippen molar-refractivity contribution in [3.63, 3.8) is 0 Å². The Morgan fingerprint density at radius 3 is 2.95 bits per heavy atom. The van der Waals surface area contributed by atoms with Gasteiger partial charge in [0.05, 0.1) is 7.11 Å². The minimum atomic E-state index is 0.0978. The second-order valence-electron chi connectivity index (χ2n) is 4.94. The standard InChI is InChI=1S/C16H20O3/c1-19-16-10-8-12(11-15(16)18)7-9-14(17)13-5-3-2-4-6-13/h3,5,8,10-11,13,18H,2,4,6-7,9H2,1H3. The van der Waals surface area contributed by atoms with Gasteiger partial charge in [-0.1, -0.05) is 18.2 Å². The van der Waals surface area contributed by atoms with E-state index in [1.165, 1.54) is 7.11 Å². The molecule has 3 heteroatoms. The second kappa shape index (κ2) is 6.41. The number of hydrogen-bond acceptors (Lipinski definition) is 3. The molecule has 2 rings (SSSR count). The molecular weight excluding hydrogens is 240 g/mol. The van der Waals surface area contributed by atoms with E-state index in [0.717, 1.165) is 24.8 Å². The van der Waals surface area contributed by atoms with E-state index in [1.807, 2.05) is 12.1 Å². The molecule has 0 bridgehead atoms. The predicted octanol–water partition coefficient (Wildman–Crippen LogP) is 3.26. The number of carbonyl (C=O) groups is 1. The van der Waals surface area contributed by atoms with Crippen molar-refractivity contribution in [3.8, 4) is 11.5 Å². The number of phenols is 1. The Morgan fingerprint density at radius 1 is 1.47 bits per heavy atom. The number of rotatable bonds is 5. The molecule has 0 radical (unpaired) electrons. The van der Waals surface area contributed by atoms with Crippen LogP contribution in [0.5, 0.6) is 11.5 Å². The first-order valence-electron chi connectivity index (χ1n) is 6.76. The summed E-state index contributed by atoms with van der Waals surface area (Å²) in [4.78, 5) is 12.0. The van der Waals surface area contributed by atoms with Crippen molar-refractivity contribution in [3.05, 3.63) is 35.9 Å². The monoisotopic (exact) mass is 260 g/mol. The lowest BCUT2D eigenvalue weighted by molar-refractivity contribution is -0.121. The average Bonchev–Trinajstić information content (AvgIpc) is 2.46. The van der Waals surface area contributed by atoms with E-state index in [0.29, 0.717) is 24.4 Å². The molecule has 0 aromatic heterocycles. The Kier molecular flexibility index (Phi) is 4.61. The van der Waals surface area contributed by atoms with Crippen molar-refractivity contribution < 1.29 is 14.6 Å². The van der Waals surface area contributed by atoms with Crippen molar-refractivity contribution in [2.45, 2.75) is 32.1 Å². The molecule has 0 fully saturated rings. The third kappa shape index (κ3) is 3.60. The lowest BCUT2D eigenvalue weighted by Crippen LogP contribution is -2.14. The summed E-state index contributed by atoms with van der Waals surface area (Å²) in [6.07, 6.45) is 8.51. The molecule has 1 aromatic carbocycles. The lowest BCUT2D eigenvalue weighted by Gasteiger charge is -2.15. The molecule has 1 N–H and O–H groups in total. The van der Waals surface area contributed by atoms with Crippen LogP contribution in [-0.4, -0.2) is 18.0 Å². The summed E-state index contributed by atoms with van der Waals surface area (Å²) in [7, 11) is 1.52. The maximum atomic E-state index is 12.0. The Bertz CT molecular complexity index is 477. The summed E-state index contributed by atoms with van der Waals surface area (Å²) >= 11 is 0. The number of allylic oxidation sites excluding steroid dienone is 2. The third-order valence-corrected chi connectivity index (χ3v) is 3.57. The molecule has 0 amide bonds. The van der Waals surface area contributed by atoms with E-state index >= 15 is 0 Å². The van der Waals surface area contributed by atoms with Gasteiger partial charge >= 0.3 is 0 Å². The molecule has 102 valence electrons. The van der Waals surface area contributed by atoms with Gasteiger partial charge in [0.25, 0.3) is 0 Å². The van der Waals surface area contributed by atoms with Gasteiger partial charge in [0.1, 0.15) is 5.78 Å². The highest BCUT2D eigenvalue weighted by molar-refractivity contribution is 5.83. The second-order valence-corrected chi connectivity index (χ2v) is 4.94. The molecule has 1 aromatic rings. The van der Waals surface area contributed by atoms with Crippen LogP contribution in [0, 0.1) is 5.92 Å². The zero-order valence-electron chi connectivity index (χ0n) is 11.3. The summed E-state index contributed by atoms with van der Waals surface area (Å²) in [5.41, 5.74) is 0.964. The van der Waals surface area contributed by atoms with Gasteiger partial charge in [-0.25, -0.2) is 0 Å². The first-order valence-corrected chi connectivity index (χ1v) is 6.76. The molecule has 1 atom stereocenters. The Balaban J connectivity index is 1.91. The van der Waals surface area contributed by atoms with Gasteiger partial charge in [-0.15, -0.1) is 0 Å². The quantitative estimate of drug-likeness (QED) is 0.827. The summed E-state index contributed by atoms with van der Waals surface area (Å²) in [5.74, 6) is 0.988. The topological polar surface area (TPSA) is 46.5 Å². The number of ketones is 1.